The first-order valence-corrected chi connectivity index (χ1v) is 6.98. The van der Waals surface area contributed by atoms with E-state index in [2.05, 4.69) is 24.1 Å². The molecule has 0 heterocycles. The summed E-state index contributed by atoms with van der Waals surface area (Å²) >= 11 is 0. The summed E-state index contributed by atoms with van der Waals surface area (Å²) in [7, 11) is 1.73. The van der Waals surface area contributed by atoms with Crippen LogP contribution in [0.4, 0.5) is 5.69 Å². The lowest BCUT2D eigenvalue weighted by Crippen LogP contribution is -2.31. The average molecular weight is 266 g/mol. The van der Waals surface area contributed by atoms with E-state index < -0.39 is 0 Å². The zero-order valence-electron chi connectivity index (χ0n) is 12.3. The first-order chi connectivity index (χ1) is 9.30. The Labute approximate surface area is 116 Å². The maximum Gasteiger partial charge on any atom is 0.119 e. The van der Waals surface area contributed by atoms with Gasteiger partial charge in [0, 0.05) is 32.4 Å². The average Bonchev–Trinajstić information content (AvgIpc) is 2.44. The molecule has 0 atom stereocenters. The number of hydrogen-bond acceptors (Lipinski definition) is 4. The van der Waals surface area contributed by atoms with Crippen molar-refractivity contribution in [1.29, 1.82) is 0 Å². The van der Waals surface area contributed by atoms with Crippen LogP contribution in [-0.2, 0) is 4.74 Å². The second-order valence-corrected chi connectivity index (χ2v) is 4.33. The van der Waals surface area contributed by atoms with Crippen molar-refractivity contribution in [2.45, 2.75) is 13.8 Å². The molecule has 0 radical (unpaired) electrons. The maximum absolute atomic E-state index is 5.74. The molecule has 0 bridgehead atoms. The van der Waals surface area contributed by atoms with E-state index in [0.29, 0.717) is 6.61 Å². The zero-order chi connectivity index (χ0) is 13.9. The largest absolute Gasteiger partial charge is 0.492 e. The number of benzene rings is 1. The molecular formula is C15H26N2O2. The lowest BCUT2D eigenvalue weighted by molar-refractivity contribution is 0.138. The number of likely N-dealkylation sites (N-methyl/N-ethyl adjacent to an activating group) is 1. The summed E-state index contributed by atoms with van der Waals surface area (Å²) in [5.41, 5.74) is 1.13. The highest BCUT2D eigenvalue weighted by molar-refractivity contribution is 5.46. The Morgan fingerprint density at radius 3 is 2.32 bits per heavy atom. The first kappa shape index (κ1) is 15.8. The third kappa shape index (κ3) is 6.45. The molecule has 1 aromatic rings. The lowest BCUT2D eigenvalue weighted by Gasteiger charge is -2.19. The monoisotopic (exact) mass is 266 g/mol. The van der Waals surface area contributed by atoms with Crippen molar-refractivity contribution >= 4 is 5.69 Å². The van der Waals surface area contributed by atoms with E-state index in [-0.39, 0.29) is 0 Å². The first-order valence-electron chi connectivity index (χ1n) is 6.98. The number of nitrogens with one attached hydrogen (secondary N) is 1. The second kappa shape index (κ2) is 9.64. The highest BCUT2D eigenvalue weighted by Crippen LogP contribution is 2.15. The van der Waals surface area contributed by atoms with Gasteiger partial charge in [-0.1, -0.05) is 6.92 Å². The minimum atomic E-state index is 0.706. The van der Waals surface area contributed by atoms with Crippen molar-refractivity contribution in [2.24, 2.45) is 0 Å². The Hall–Kier alpha value is -1.26. The van der Waals surface area contributed by atoms with Crippen LogP contribution in [0.2, 0.25) is 0 Å². The van der Waals surface area contributed by atoms with Crippen molar-refractivity contribution < 1.29 is 9.47 Å². The summed E-state index contributed by atoms with van der Waals surface area (Å²) in [6.45, 7) is 9.55. The Balaban J connectivity index is 2.27. The van der Waals surface area contributed by atoms with Gasteiger partial charge in [0.05, 0.1) is 6.61 Å². The van der Waals surface area contributed by atoms with E-state index in [1.807, 2.05) is 24.3 Å². The van der Waals surface area contributed by atoms with Gasteiger partial charge in [0.15, 0.2) is 0 Å². The normalized spacial score (nSPS) is 10.7. The third-order valence-corrected chi connectivity index (χ3v) is 2.97. The molecule has 0 aliphatic rings. The minimum absolute atomic E-state index is 0.706. The van der Waals surface area contributed by atoms with Crippen LogP contribution < -0.4 is 10.1 Å². The van der Waals surface area contributed by atoms with Crippen molar-refractivity contribution in [3.8, 4) is 5.75 Å². The van der Waals surface area contributed by atoms with Crippen LogP contribution in [0.1, 0.15) is 13.8 Å². The molecule has 1 N–H and O–H groups in total. The standard InChI is InChI=1S/C15H26N2O2/c1-4-16-14-6-8-15(9-7-14)19-13-11-17(5-2)10-12-18-3/h6-9,16H,4-5,10-13H2,1-3H3. The van der Waals surface area contributed by atoms with Gasteiger partial charge in [0.2, 0.25) is 0 Å². The summed E-state index contributed by atoms with van der Waals surface area (Å²) in [6, 6.07) is 8.09. The van der Waals surface area contributed by atoms with Crippen LogP contribution in [-0.4, -0.2) is 51.4 Å². The molecule has 4 heteroatoms. The number of nitrogens with zero attached hydrogens (tertiary/aromatic N) is 1. The number of methoxy groups -OCH3 is 1. The van der Waals surface area contributed by atoms with Crippen molar-refractivity contribution in [2.75, 3.05) is 51.8 Å². The van der Waals surface area contributed by atoms with Crippen molar-refractivity contribution in [1.82, 2.24) is 4.90 Å². The van der Waals surface area contributed by atoms with Crippen molar-refractivity contribution in [3.05, 3.63) is 24.3 Å². The van der Waals surface area contributed by atoms with Crippen LogP contribution in [0.3, 0.4) is 0 Å². The van der Waals surface area contributed by atoms with Crippen molar-refractivity contribution in [3.63, 3.8) is 0 Å². The van der Waals surface area contributed by atoms with E-state index >= 15 is 0 Å². The van der Waals surface area contributed by atoms with E-state index in [1.165, 1.54) is 0 Å². The van der Waals surface area contributed by atoms with Crippen LogP contribution in [0.15, 0.2) is 24.3 Å². The Bertz CT molecular complexity index is 327. The van der Waals surface area contributed by atoms with E-state index in [1.54, 1.807) is 7.11 Å². The summed E-state index contributed by atoms with van der Waals surface area (Å²) in [5, 5.41) is 3.26. The zero-order valence-corrected chi connectivity index (χ0v) is 12.3. The molecule has 0 aliphatic heterocycles. The van der Waals surface area contributed by atoms with Gasteiger partial charge in [-0.25, -0.2) is 0 Å². The third-order valence-electron chi connectivity index (χ3n) is 2.97. The molecule has 1 aromatic carbocycles. The van der Waals surface area contributed by atoms with E-state index in [9.17, 15) is 0 Å². The maximum atomic E-state index is 5.74. The Morgan fingerprint density at radius 2 is 1.74 bits per heavy atom. The molecule has 0 saturated heterocycles. The summed E-state index contributed by atoms with van der Waals surface area (Å²) in [6.07, 6.45) is 0. The molecule has 0 aromatic heterocycles. The van der Waals surface area contributed by atoms with Gasteiger partial charge in [-0.3, -0.25) is 4.90 Å². The fourth-order valence-corrected chi connectivity index (χ4v) is 1.81. The molecule has 1 rings (SSSR count). The number of anilines is 1. The molecular weight excluding hydrogens is 240 g/mol. The molecule has 0 fully saturated rings. The molecule has 4 nitrogen and oxygen atoms in total. The molecule has 0 amide bonds. The van der Waals surface area contributed by atoms with Crippen LogP contribution >= 0.6 is 0 Å². The number of hydrogen-bond donors (Lipinski definition) is 1. The summed E-state index contributed by atoms with van der Waals surface area (Å²) in [4.78, 5) is 2.32. The van der Waals surface area contributed by atoms with Gasteiger partial charge in [0.1, 0.15) is 12.4 Å². The lowest BCUT2D eigenvalue weighted by atomic mass is 10.3. The summed E-state index contributed by atoms with van der Waals surface area (Å²) in [5.74, 6) is 0.921. The van der Waals surface area contributed by atoms with E-state index in [0.717, 1.165) is 44.2 Å². The van der Waals surface area contributed by atoms with Crippen LogP contribution in [0, 0.1) is 0 Å². The Morgan fingerprint density at radius 1 is 1.05 bits per heavy atom. The fourth-order valence-electron chi connectivity index (χ4n) is 1.81. The molecule has 0 unspecified atom stereocenters. The van der Waals surface area contributed by atoms with Gasteiger partial charge >= 0.3 is 0 Å². The minimum Gasteiger partial charge on any atom is -0.492 e. The fraction of sp³-hybridized carbons (Fsp3) is 0.600. The van der Waals surface area contributed by atoms with Crippen LogP contribution in [0.25, 0.3) is 0 Å². The van der Waals surface area contributed by atoms with E-state index in [4.69, 9.17) is 9.47 Å². The van der Waals surface area contributed by atoms with Gasteiger partial charge in [-0.15, -0.1) is 0 Å². The predicted molar refractivity (Wildman–Crippen MR) is 80.1 cm³/mol. The molecule has 0 aliphatic carbocycles. The SMILES string of the molecule is CCNc1ccc(OCCN(CC)CCOC)cc1. The van der Waals surface area contributed by atoms with Gasteiger partial charge in [0.25, 0.3) is 0 Å². The van der Waals surface area contributed by atoms with Crippen LogP contribution in [0.5, 0.6) is 5.75 Å². The highest BCUT2D eigenvalue weighted by Gasteiger charge is 2.02. The highest BCUT2D eigenvalue weighted by atomic mass is 16.5. The predicted octanol–water partition coefficient (Wildman–Crippen LogP) is 2.47. The molecule has 0 saturated carbocycles. The topological polar surface area (TPSA) is 33.7 Å². The quantitative estimate of drug-likeness (QED) is 0.705. The van der Waals surface area contributed by atoms with Gasteiger partial charge in [-0.05, 0) is 37.7 Å². The smallest absolute Gasteiger partial charge is 0.119 e. The molecule has 0 spiro atoms. The van der Waals surface area contributed by atoms with Gasteiger partial charge < -0.3 is 14.8 Å². The van der Waals surface area contributed by atoms with Gasteiger partial charge in [-0.2, -0.15) is 0 Å². The Kier molecular flexibility index (Phi) is 8.02. The second-order valence-electron chi connectivity index (χ2n) is 4.33. The molecule has 108 valence electrons. The number of ether oxygens (including phenoxy) is 2. The molecule has 19 heavy (non-hydrogen) atoms. The summed E-state index contributed by atoms with van der Waals surface area (Å²) < 4.78 is 10.8. The number of rotatable bonds is 10.